The smallest absolute Gasteiger partial charge is 0.328 e. The number of carboxylic acid groups (broad SMARTS) is 2. The van der Waals surface area contributed by atoms with Gasteiger partial charge in [-0.1, -0.05) is 18.2 Å². The molecule has 10 nitrogen and oxygen atoms in total. The van der Waals surface area contributed by atoms with Crippen molar-refractivity contribution in [2.24, 2.45) is 0 Å². The van der Waals surface area contributed by atoms with Gasteiger partial charge in [-0.25, -0.2) is 9.59 Å². The van der Waals surface area contributed by atoms with E-state index in [2.05, 4.69) is 0 Å². The van der Waals surface area contributed by atoms with E-state index in [1.165, 1.54) is 48.6 Å². The maximum absolute atomic E-state index is 10.8. The number of phenolic OH excluding ortho intramolecular Hbond substituents is 3. The molecule has 1 heterocycles. The van der Waals surface area contributed by atoms with Crippen molar-refractivity contribution < 1.29 is 49.3 Å². The molecular weight excluding hydrogens is 472 g/mol. The van der Waals surface area contributed by atoms with Gasteiger partial charge in [-0.05, 0) is 59.7 Å². The number of ether oxygens (including phenoxy) is 3. The van der Waals surface area contributed by atoms with E-state index in [0.717, 1.165) is 12.2 Å². The van der Waals surface area contributed by atoms with Gasteiger partial charge in [-0.3, -0.25) is 0 Å². The lowest BCUT2D eigenvalue weighted by Gasteiger charge is -2.34. The monoisotopic (exact) mass is 492 g/mol. The van der Waals surface area contributed by atoms with Gasteiger partial charge in [0.05, 0.1) is 0 Å². The van der Waals surface area contributed by atoms with Crippen molar-refractivity contribution >= 4 is 24.1 Å². The van der Waals surface area contributed by atoms with Crippen LogP contribution in [0.5, 0.6) is 34.5 Å². The largest absolute Gasteiger partial charge is 0.504 e. The quantitative estimate of drug-likeness (QED) is 0.241. The normalized spacial score (nSPS) is 16.8. The maximum atomic E-state index is 10.8. The van der Waals surface area contributed by atoms with Gasteiger partial charge in [0.25, 0.3) is 6.29 Å². The van der Waals surface area contributed by atoms with Gasteiger partial charge < -0.3 is 39.7 Å². The molecule has 36 heavy (non-hydrogen) atoms. The number of carbonyl (C=O) groups is 2. The van der Waals surface area contributed by atoms with Crippen molar-refractivity contribution in [3.05, 3.63) is 83.4 Å². The highest BCUT2D eigenvalue weighted by molar-refractivity contribution is 5.86. The zero-order chi connectivity index (χ0) is 25.8. The Balaban J connectivity index is 1.67. The van der Waals surface area contributed by atoms with Crippen LogP contribution in [-0.4, -0.2) is 43.8 Å². The van der Waals surface area contributed by atoms with Gasteiger partial charge in [0.2, 0.25) is 0 Å². The summed E-state index contributed by atoms with van der Waals surface area (Å²) in [6.07, 6.45) is 2.46. The van der Waals surface area contributed by atoms with Gasteiger partial charge in [0.1, 0.15) is 0 Å². The van der Waals surface area contributed by atoms with Crippen molar-refractivity contribution in [3.8, 4) is 34.5 Å². The van der Waals surface area contributed by atoms with Crippen molar-refractivity contribution in [2.45, 2.75) is 12.4 Å². The van der Waals surface area contributed by atoms with Crippen LogP contribution in [0.2, 0.25) is 0 Å². The van der Waals surface area contributed by atoms with Crippen LogP contribution >= 0.6 is 0 Å². The lowest BCUT2D eigenvalue weighted by molar-refractivity contribution is -0.132. The molecule has 0 aliphatic carbocycles. The second-order valence-corrected chi connectivity index (χ2v) is 7.67. The summed E-state index contributed by atoms with van der Waals surface area (Å²) in [4.78, 5) is 21.6. The van der Waals surface area contributed by atoms with E-state index in [1.807, 2.05) is 0 Å². The molecule has 0 aromatic heterocycles. The third kappa shape index (κ3) is 5.50. The van der Waals surface area contributed by atoms with Gasteiger partial charge >= 0.3 is 11.9 Å². The topological polar surface area (TPSA) is 163 Å². The fourth-order valence-electron chi connectivity index (χ4n) is 3.42. The molecule has 0 fully saturated rings. The Hall–Kier alpha value is -5.12. The molecule has 0 saturated heterocycles. The minimum Gasteiger partial charge on any atom is -0.504 e. The molecule has 5 N–H and O–H groups in total. The molecule has 0 unspecified atom stereocenters. The summed E-state index contributed by atoms with van der Waals surface area (Å²) in [5.74, 6) is -2.67. The van der Waals surface area contributed by atoms with Crippen molar-refractivity contribution in [2.75, 3.05) is 0 Å². The maximum Gasteiger partial charge on any atom is 0.328 e. The fraction of sp³-hybridized carbons (Fsp3) is 0.0769. The van der Waals surface area contributed by atoms with Gasteiger partial charge in [0, 0.05) is 17.7 Å². The second kappa shape index (κ2) is 10.0. The van der Waals surface area contributed by atoms with Crippen molar-refractivity contribution in [1.82, 2.24) is 0 Å². The molecule has 2 atom stereocenters. The number of aliphatic carboxylic acids is 2. The summed E-state index contributed by atoms with van der Waals surface area (Å²) in [6.45, 7) is 0. The Labute approximate surface area is 204 Å². The van der Waals surface area contributed by atoms with Crippen molar-refractivity contribution in [1.29, 1.82) is 0 Å². The number of aromatic hydroxyl groups is 3. The molecule has 10 heteroatoms. The van der Waals surface area contributed by atoms with E-state index in [1.54, 1.807) is 18.2 Å². The van der Waals surface area contributed by atoms with Crippen LogP contribution in [0.15, 0.2) is 66.7 Å². The summed E-state index contributed by atoms with van der Waals surface area (Å²) in [6, 6.07) is 13.1. The number of benzene rings is 3. The highest BCUT2D eigenvalue weighted by Gasteiger charge is 2.36. The number of phenols is 3. The zero-order valence-corrected chi connectivity index (χ0v) is 18.4. The summed E-state index contributed by atoms with van der Waals surface area (Å²) < 4.78 is 18.0. The highest BCUT2D eigenvalue weighted by Crippen LogP contribution is 2.43. The van der Waals surface area contributed by atoms with Gasteiger partial charge in [-0.2, -0.15) is 0 Å². The highest BCUT2D eigenvalue weighted by atomic mass is 16.7. The minimum absolute atomic E-state index is 0.0218. The predicted octanol–water partition coefficient (Wildman–Crippen LogP) is 3.92. The van der Waals surface area contributed by atoms with Crippen LogP contribution in [-0.2, 0) is 9.59 Å². The number of hydrogen-bond acceptors (Lipinski definition) is 8. The zero-order valence-electron chi connectivity index (χ0n) is 18.4. The first-order valence-corrected chi connectivity index (χ1v) is 10.5. The van der Waals surface area contributed by atoms with Crippen LogP contribution in [0.4, 0.5) is 0 Å². The van der Waals surface area contributed by atoms with Gasteiger partial charge in [0.15, 0.2) is 40.6 Å². The predicted molar refractivity (Wildman–Crippen MR) is 126 cm³/mol. The summed E-state index contributed by atoms with van der Waals surface area (Å²) in [5.41, 5.74) is 1.34. The second-order valence-electron chi connectivity index (χ2n) is 7.67. The Morgan fingerprint density at radius 1 is 0.722 bits per heavy atom. The number of hydrogen-bond donors (Lipinski definition) is 5. The minimum atomic E-state index is -1.16. The fourth-order valence-corrected chi connectivity index (χ4v) is 3.42. The van der Waals surface area contributed by atoms with Crippen molar-refractivity contribution in [3.63, 3.8) is 0 Å². The molecule has 0 amide bonds. The van der Waals surface area contributed by atoms with E-state index in [-0.39, 0.29) is 28.7 Å². The average molecular weight is 492 g/mol. The molecular formula is C26H20O10. The van der Waals surface area contributed by atoms with E-state index in [0.29, 0.717) is 16.7 Å². The first-order valence-electron chi connectivity index (χ1n) is 10.5. The van der Waals surface area contributed by atoms with Crippen LogP contribution in [0, 0.1) is 0 Å². The Bertz CT molecular complexity index is 1380. The third-order valence-corrected chi connectivity index (χ3v) is 5.10. The first kappa shape index (κ1) is 24.0. The molecule has 0 spiro atoms. The van der Waals surface area contributed by atoms with E-state index in [4.69, 9.17) is 24.4 Å². The van der Waals surface area contributed by atoms with Crippen LogP contribution < -0.4 is 14.2 Å². The molecule has 0 saturated carbocycles. The SMILES string of the molecule is O=C(O)/C=C/c1ccc(O[C@@H]2Oc3ccc(/C=C/C(=O)O)cc3O[C@H]2c2ccc(O)c(O)c2)c(O)c1. The Morgan fingerprint density at radius 3 is 2.03 bits per heavy atom. The molecule has 4 rings (SSSR count). The lowest BCUT2D eigenvalue weighted by atomic mass is 10.1. The molecule has 0 bridgehead atoms. The molecule has 3 aromatic rings. The van der Waals surface area contributed by atoms with Crippen LogP contribution in [0.3, 0.4) is 0 Å². The molecule has 184 valence electrons. The summed E-state index contributed by atoms with van der Waals surface area (Å²) >= 11 is 0. The Kier molecular flexibility index (Phi) is 6.68. The van der Waals surface area contributed by atoms with E-state index < -0.39 is 30.1 Å². The van der Waals surface area contributed by atoms with E-state index in [9.17, 15) is 24.9 Å². The van der Waals surface area contributed by atoms with Gasteiger partial charge in [-0.15, -0.1) is 0 Å². The molecule has 1 aliphatic rings. The number of carboxylic acids is 2. The number of fused-ring (bicyclic) bond motifs is 1. The summed E-state index contributed by atoms with van der Waals surface area (Å²) in [7, 11) is 0. The van der Waals surface area contributed by atoms with Crippen LogP contribution in [0.1, 0.15) is 22.8 Å². The average Bonchev–Trinajstić information content (AvgIpc) is 2.84. The third-order valence-electron chi connectivity index (χ3n) is 5.10. The standard InChI is InChI=1S/C26H20O10/c27-17-6-5-16(13-18(17)28)25-26(35-20-7-1-14(11-19(20)29)3-9-23(30)31)36-21-8-2-15(4-10-24(32)33)12-22(21)34-25/h1-13,25-29H,(H,30,31)(H,32,33)/b9-3+,10-4+/t25-,26+/m0/s1. The Morgan fingerprint density at radius 2 is 1.39 bits per heavy atom. The summed E-state index contributed by atoms with van der Waals surface area (Å²) in [5, 5.41) is 47.8. The van der Waals surface area contributed by atoms with E-state index >= 15 is 0 Å². The lowest BCUT2D eigenvalue weighted by Crippen LogP contribution is -2.37. The molecule has 3 aromatic carbocycles. The first-order chi connectivity index (χ1) is 17.2. The number of rotatable bonds is 7. The van der Waals surface area contributed by atoms with Crippen LogP contribution in [0.25, 0.3) is 12.2 Å². The molecule has 1 aliphatic heterocycles. The molecule has 0 radical (unpaired) electrons.